The number of nitrogens with two attached hydrogens (primary N) is 1. The topological polar surface area (TPSA) is 127 Å². The average Bonchev–Trinajstić information content (AvgIpc) is 2.22. The van der Waals surface area contributed by atoms with E-state index in [4.69, 9.17) is 21.1 Å². The zero-order valence-electron chi connectivity index (χ0n) is 6.33. The van der Waals surface area contributed by atoms with Crippen molar-refractivity contribution in [2.45, 2.75) is 30.0 Å². The van der Waals surface area contributed by atoms with Crippen molar-refractivity contribution in [2.75, 3.05) is 6.61 Å². The number of aliphatic hydroxyl groups excluding tert-OH is 4. The van der Waals surface area contributed by atoms with Gasteiger partial charge >= 0.3 is 0 Å². The lowest BCUT2D eigenvalue weighted by Gasteiger charge is -2.27. The summed E-state index contributed by atoms with van der Waals surface area (Å²) in [6.07, 6.45) is -4.56. The molecule has 6 nitrogen and oxygen atoms in total. The SMILES string of the molecule is NC1C(O)C(O)C(O)(CO)C1O. The third-order valence-electron chi connectivity index (χ3n) is 2.36. The summed E-state index contributed by atoms with van der Waals surface area (Å²) in [7, 11) is 0. The van der Waals surface area contributed by atoms with Gasteiger partial charge in [0, 0.05) is 0 Å². The van der Waals surface area contributed by atoms with Crippen molar-refractivity contribution in [3.05, 3.63) is 0 Å². The van der Waals surface area contributed by atoms with Crippen LogP contribution in [0.15, 0.2) is 0 Å². The minimum atomic E-state index is -2.11. The Morgan fingerprint density at radius 1 is 1.17 bits per heavy atom. The molecule has 0 aliphatic heterocycles. The van der Waals surface area contributed by atoms with E-state index in [0.717, 1.165) is 0 Å². The molecule has 0 saturated heterocycles. The zero-order valence-corrected chi connectivity index (χ0v) is 6.33. The van der Waals surface area contributed by atoms with Crippen LogP contribution in [0.5, 0.6) is 0 Å². The molecule has 1 saturated carbocycles. The van der Waals surface area contributed by atoms with Gasteiger partial charge in [-0.05, 0) is 0 Å². The lowest BCUT2D eigenvalue weighted by atomic mass is 9.98. The molecule has 0 aromatic carbocycles. The first-order chi connectivity index (χ1) is 5.45. The Kier molecular flexibility index (Phi) is 2.39. The highest BCUT2D eigenvalue weighted by molar-refractivity contribution is 5.10. The van der Waals surface area contributed by atoms with Crippen molar-refractivity contribution in [2.24, 2.45) is 5.73 Å². The van der Waals surface area contributed by atoms with E-state index in [0.29, 0.717) is 0 Å². The molecule has 5 unspecified atom stereocenters. The monoisotopic (exact) mass is 179 g/mol. The normalized spacial score (nSPS) is 54.5. The molecule has 0 aromatic heterocycles. The van der Waals surface area contributed by atoms with Crippen LogP contribution in [0.4, 0.5) is 0 Å². The Hall–Kier alpha value is -0.240. The Labute approximate surface area is 68.9 Å². The molecule has 72 valence electrons. The van der Waals surface area contributed by atoms with Gasteiger partial charge in [-0.15, -0.1) is 0 Å². The van der Waals surface area contributed by atoms with Crippen molar-refractivity contribution in [1.82, 2.24) is 0 Å². The van der Waals surface area contributed by atoms with Crippen molar-refractivity contribution in [1.29, 1.82) is 0 Å². The van der Waals surface area contributed by atoms with E-state index in [9.17, 15) is 10.2 Å². The molecule has 0 heterocycles. The van der Waals surface area contributed by atoms with Crippen molar-refractivity contribution < 1.29 is 25.5 Å². The first kappa shape index (κ1) is 9.85. The lowest BCUT2D eigenvalue weighted by Crippen LogP contribution is -2.52. The average molecular weight is 179 g/mol. The molecule has 0 bridgehead atoms. The van der Waals surface area contributed by atoms with Crippen molar-refractivity contribution in [3.8, 4) is 0 Å². The van der Waals surface area contributed by atoms with E-state index in [1.54, 1.807) is 0 Å². The summed E-state index contributed by atoms with van der Waals surface area (Å²) < 4.78 is 0. The van der Waals surface area contributed by atoms with Gasteiger partial charge in [-0.3, -0.25) is 0 Å². The van der Waals surface area contributed by atoms with Crippen molar-refractivity contribution >= 4 is 0 Å². The fourth-order valence-corrected chi connectivity index (χ4v) is 1.39. The van der Waals surface area contributed by atoms with Gasteiger partial charge in [-0.1, -0.05) is 0 Å². The fourth-order valence-electron chi connectivity index (χ4n) is 1.39. The maximum atomic E-state index is 9.39. The smallest absolute Gasteiger partial charge is 0.143 e. The van der Waals surface area contributed by atoms with E-state index >= 15 is 0 Å². The predicted octanol–water partition coefficient (Wildman–Crippen LogP) is -3.87. The molecule has 1 rings (SSSR count). The van der Waals surface area contributed by atoms with Gasteiger partial charge in [0.05, 0.1) is 12.6 Å². The first-order valence-electron chi connectivity index (χ1n) is 3.58. The zero-order chi connectivity index (χ0) is 9.52. The molecule has 1 fully saturated rings. The highest BCUT2D eigenvalue weighted by atomic mass is 16.4. The number of hydrogen-bond donors (Lipinski definition) is 6. The molecule has 0 spiro atoms. The second-order valence-electron chi connectivity index (χ2n) is 3.11. The van der Waals surface area contributed by atoms with Gasteiger partial charge in [-0.25, -0.2) is 0 Å². The number of aliphatic hydroxyl groups is 5. The molecule has 0 amide bonds. The van der Waals surface area contributed by atoms with Crippen LogP contribution in [0.1, 0.15) is 0 Å². The second-order valence-corrected chi connectivity index (χ2v) is 3.11. The van der Waals surface area contributed by atoms with E-state index in [1.165, 1.54) is 0 Å². The predicted molar refractivity (Wildman–Crippen MR) is 38.0 cm³/mol. The van der Waals surface area contributed by atoms with E-state index in [1.807, 2.05) is 0 Å². The highest BCUT2D eigenvalue weighted by Crippen LogP contribution is 2.29. The summed E-state index contributed by atoms with van der Waals surface area (Å²) >= 11 is 0. The third-order valence-corrected chi connectivity index (χ3v) is 2.36. The van der Waals surface area contributed by atoms with Crippen molar-refractivity contribution in [3.63, 3.8) is 0 Å². The molecular weight excluding hydrogens is 166 g/mol. The van der Waals surface area contributed by atoms with Gasteiger partial charge in [0.15, 0.2) is 0 Å². The summed E-state index contributed by atoms with van der Waals surface area (Å²) in [6.45, 7) is -0.847. The first-order valence-corrected chi connectivity index (χ1v) is 3.58. The van der Waals surface area contributed by atoms with Crippen LogP contribution in [-0.2, 0) is 0 Å². The van der Waals surface area contributed by atoms with Crippen LogP contribution in [0.25, 0.3) is 0 Å². The molecule has 6 heteroatoms. The summed E-state index contributed by atoms with van der Waals surface area (Å²) in [6, 6.07) is -1.14. The number of hydrogen-bond acceptors (Lipinski definition) is 6. The van der Waals surface area contributed by atoms with Crippen LogP contribution >= 0.6 is 0 Å². The fraction of sp³-hybridized carbons (Fsp3) is 1.00. The Morgan fingerprint density at radius 2 is 1.67 bits per heavy atom. The minimum absolute atomic E-state index is 0.847. The van der Waals surface area contributed by atoms with Gasteiger partial charge in [0.2, 0.25) is 0 Å². The molecular formula is C6H13NO5. The van der Waals surface area contributed by atoms with Crippen LogP contribution in [0.3, 0.4) is 0 Å². The molecule has 1 aliphatic carbocycles. The van der Waals surface area contributed by atoms with Crippen LogP contribution in [0, 0.1) is 0 Å². The van der Waals surface area contributed by atoms with E-state index in [2.05, 4.69) is 0 Å². The van der Waals surface area contributed by atoms with Gasteiger partial charge < -0.3 is 31.3 Å². The number of rotatable bonds is 1. The Morgan fingerprint density at radius 3 is 1.83 bits per heavy atom. The molecule has 0 aromatic rings. The maximum Gasteiger partial charge on any atom is 0.143 e. The largest absolute Gasteiger partial charge is 0.393 e. The molecule has 5 atom stereocenters. The molecule has 12 heavy (non-hydrogen) atoms. The lowest BCUT2D eigenvalue weighted by molar-refractivity contribution is -0.148. The third kappa shape index (κ3) is 1.05. The Balaban J connectivity index is 2.90. The van der Waals surface area contributed by atoms with Crippen LogP contribution in [-0.4, -0.2) is 62.1 Å². The molecule has 7 N–H and O–H groups in total. The van der Waals surface area contributed by atoms with Crippen LogP contribution < -0.4 is 5.73 Å². The minimum Gasteiger partial charge on any atom is -0.393 e. The van der Waals surface area contributed by atoms with E-state index < -0.39 is 36.6 Å². The highest BCUT2D eigenvalue weighted by Gasteiger charge is 2.57. The summed E-state index contributed by atoms with van der Waals surface area (Å²) in [5.74, 6) is 0. The molecule has 1 aliphatic rings. The Bertz CT molecular complexity index is 161. The quantitative estimate of drug-likeness (QED) is 0.244. The summed E-state index contributed by atoms with van der Waals surface area (Å²) in [4.78, 5) is 0. The van der Waals surface area contributed by atoms with Crippen LogP contribution in [0.2, 0.25) is 0 Å². The molecule has 0 radical (unpaired) electrons. The maximum absolute atomic E-state index is 9.39. The summed E-state index contributed by atoms with van der Waals surface area (Å²) in [5, 5.41) is 45.5. The van der Waals surface area contributed by atoms with E-state index in [-0.39, 0.29) is 0 Å². The standard InChI is InChI=1S/C6H13NO5/c7-2-3(9)5(11)6(12,1-8)4(2)10/h2-5,8-12H,1,7H2. The van der Waals surface area contributed by atoms with Gasteiger partial charge in [0.1, 0.15) is 23.9 Å². The van der Waals surface area contributed by atoms with Gasteiger partial charge in [-0.2, -0.15) is 0 Å². The second kappa shape index (κ2) is 2.91. The van der Waals surface area contributed by atoms with Gasteiger partial charge in [0.25, 0.3) is 0 Å². The summed E-state index contributed by atoms with van der Waals surface area (Å²) in [5.41, 5.74) is 3.12.